The molecule has 0 aromatic carbocycles. The van der Waals surface area contributed by atoms with E-state index < -0.39 is 6.80 Å². The Bertz CT molecular complexity index is 179. The van der Waals surface area contributed by atoms with Crippen LogP contribution >= 0.6 is 18.2 Å². The molecule has 1 atom stereocenters. The minimum atomic E-state index is -3.95. The van der Waals surface area contributed by atoms with Gasteiger partial charge in [-0.1, -0.05) is 6.42 Å². The maximum atomic E-state index is 10.4. The highest BCUT2D eigenvalue weighted by Crippen LogP contribution is 2.50. The van der Waals surface area contributed by atoms with Crippen LogP contribution < -0.4 is 11.5 Å². The molecular formula is C6H21N2O5PS. The molecule has 0 bridgehead atoms. The van der Waals surface area contributed by atoms with E-state index in [4.69, 9.17) is 21.3 Å². The minimum Gasteiger partial charge on any atom is -0.412 e. The lowest BCUT2D eigenvalue weighted by molar-refractivity contribution is 0.396. The normalized spacial score (nSPS) is 12.5. The molecule has 7 nitrogen and oxygen atoms in total. The number of rotatable bonds is 7. The predicted molar refractivity (Wildman–Crippen MR) is 62.6 cm³/mol. The summed E-state index contributed by atoms with van der Waals surface area (Å²) in [5, 5.41) is 0. The summed E-state index contributed by atoms with van der Waals surface area (Å²) in [6, 6.07) is -0.149. The van der Waals surface area contributed by atoms with Crippen LogP contribution in [0.1, 0.15) is 19.3 Å². The van der Waals surface area contributed by atoms with Gasteiger partial charge in [0.2, 0.25) is 0 Å². The van der Waals surface area contributed by atoms with Crippen molar-refractivity contribution in [1.82, 2.24) is 0 Å². The van der Waals surface area contributed by atoms with Gasteiger partial charge in [0.05, 0.1) is 0 Å². The van der Waals surface area contributed by atoms with Gasteiger partial charge in [-0.05, 0) is 30.8 Å². The monoisotopic (exact) mass is 264 g/mol. The van der Waals surface area contributed by atoms with E-state index in [2.05, 4.69) is 0 Å². The molecule has 0 aliphatic carbocycles. The van der Waals surface area contributed by atoms with Crippen molar-refractivity contribution < 1.29 is 25.3 Å². The molecule has 0 unspecified atom stereocenters. The van der Waals surface area contributed by atoms with E-state index in [1.807, 2.05) is 0 Å². The minimum absolute atomic E-state index is 0. The molecule has 10 N–H and O–H groups in total. The van der Waals surface area contributed by atoms with Crippen molar-refractivity contribution in [2.45, 2.75) is 25.3 Å². The topological polar surface area (TPSA) is 173 Å². The molecule has 0 saturated carbocycles. The second kappa shape index (κ2) is 10.8. The molecule has 0 aromatic heterocycles. The summed E-state index contributed by atoms with van der Waals surface area (Å²) in [5.41, 5.74) is 10.9. The average molecular weight is 264 g/mol. The molecule has 0 radical (unpaired) electrons. The van der Waals surface area contributed by atoms with Gasteiger partial charge >= 0.3 is 6.80 Å². The van der Waals surface area contributed by atoms with Gasteiger partial charge in [0.25, 0.3) is 0 Å². The number of nitrogens with two attached hydrogens (primary N) is 2. The fourth-order valence-electron chi connectivity index (χ4n) is 0.827. The smallest absolute Gasteiger partial charge is 0.384 e. The maximum absolute atomic E-state index is 10.4. The predicted octanol–water partition coefficient (Wildman–Crippen LogP) is -1.38. The van der Waals surface area contributed by atoms with Gasteiger partial charge in [0, 0.05) is 11.8 Å². The van der Waals surface area contributed by atoms with E-state index >= 15 is 0 Å². The Labute approximate surface area is 93.1 Å². The molecule has 9 heteroatoms. The summed E-state index contributed by atoms with van der Waals surface area (Å²) in [6.07, 6.45) is 2.60. The van der Waals surface area contributed by atoms with Crippen LogP contribution in [-0.4, -0.2) is 39.1 Å². The SMILES string of the molecule is NCCCC[C@H](N)CSP(=O)(O)O.O.O. The first-order valence-electron chi connectivity index (χ1n) is 4.11. The highest BCUT2D eigenvalue weighted by Gasteiger charge is 2.15. The second-order valence-electron chi connectivity index (χ2n) is 2.83. The third-order valence-corrected chi connectivity index (χ3v) is 3.86. The van der Waals surface area contributed by atoms with Crippen molar-refractivity contribution in [2.24, 2.45) is 11.5 Å². The molecule has 96 valence electrons. The quantitative estimate of drug-likeness (QED) is 0.325. The molecule has 0 spiro atoms. The van der Waals surface area contributed by atoms with Gasteiger partial charge < -0.3 is 32.2 Å². The molecule has 0 fully saturated rings. The summed E-state index contributed by atoms with van der Waals surface area (Å²) < 4.78 is 10.4. The van der Waals surface area contributed by atoms with Gasteiger partial charge in [0.15, 0.2) is 0 Å². The van der Waals surface area contributed by atoms with Gasteiger partial charge in [-0.15, -0.1) is 0 Å². The number of hydrogen-bond donors (Lipinski definition) is 4. The van der Waals surface area contributed by atoms with E-state index in [-0.39, 0.29) is 17.0 Å². The molecule has 0 amide bonds. The van der Waals surface area contributed by atoms with Crippen molar-refractivity contribution in [3.63, 3.8) is 0 Å². The molecule has 0 rings (SSSR count). The fraction of sp³-hybridized carbons (Fsp3) is 1.00. The third-order valence-electron chi connectivity index (χ3n) is 1.49. The molecule has 15 heavy (non-hydrogen) atoms. The summed E-state index contributed by atoms with van der Waals surface area (Å²) >= 11 is 0.610. The lowest BCUT2D eigenvalue weighted by atomic mass is 10.1. The summed E-state index contributed by atoms with van der Waals surface area (Å²) in [6.45, 7) is -3.31. The van der Waals surface area contributed by atoms with E-state index in [9.17, 15) is 4.57 Å². The van der Waals surface area contributed by atoms with E-state index in [1.165, 1.54) is 0 Å². The summed E-state index contributed by atoms with van der Waals surface area (Å²) in [4.78, 5) is 17.1. The zero-order chi connectivity index (χ0) is 10.3. The van der Waals surface area contributed by atoms with Gasteiger partial charge in [0.1, 0.15) is 0 Å². The van der Waals surface area contributed by atoms with Crippen molar-refractivity contribution in [3.05, 3.63) is 0 Å². The van der Waals surface area contributed by atoms with Crippen LogP contribution in [0.5, 0.6) is 0 Å². The van der Waals surface area contributed by atoms with E-state index in [0.29, 0.717) is 23.7 Å². The molecule has 0 heterocycles. The molecular weight excluding hydrogens is 243 g/mol. The number of hydrogen-bond acceptors (Lipinski definition) is 4. The average Bonchev–Trinajstić information content (AvgIpc) is 2.00. The van der Waals surface area contributed by atoms with E-state index in [1.54, 1.807) is 0 Å². The zero-order valence-electron chi connectivity index (χ0n) is 8.43. The van der Waals surface area contributed by atoms with Crippen molar-refractivity contribution in [3.8, 4) is 0 Å². The van der Waals surface area contributed by atoms with Crippen molar-refractivity contribution in [2.75, 3.05) is 12.3 Å². The summed E-state index contributed by atoms with van der Waals surface area (Å²) in [7, 11) is 0. The molecule has 0 saturated heterocycles. The van der Waals surface area contributed by atoms with Crippen LogP contribution in [0.4, 0.5) is 0 Å². The third kappa shape index (κ3) is 17.0. The molecule has 0 aliphatic heterocycles. The Morgan fingerprint density at radius 2 is 1.80 bits per heavy atom. The van der Waals surface area contributed by atoms with Crippen molar-refractivity contribution >= 4 is 18.2 Å². The highest BCUT2D eigenvalue weighted by atomic mass is 32.7. The Hall–Kier alpha value is 0.340. The first kappa shape index (κ1) is 20.7. The first-order chi connectivity index (χ1) is 5.95. The summed E-state index contributed by atoms with van der Waals surface area (Å²) in [5.74, 6) is 0.300. The van der Waals surface area contributed by atoms with Crippen LogP contribution in [0.15, 0.2) is 0 Å². The van der Waals surface area contributed by atoms with Crippen molar-refractivity contribution in [1.29, 1.82) is 0 Å². The number of unbranched alkanes of at least 4 members (excludes halogenated alkanes) is 1. The van der Waals surface area contributed by atoms with E-state index in [0.717, 1.165) is 19.3 Å². The lowest BCUT2D eigenvalue weighted by Crippen LogP contribution is -2.22. The van der Waals surface area contributed by atoms with Crippen LogP contribution in [0, 0.1) is 0 Å². The van der Waals surface area contributed by atoms with Crippen LogP contribution in [0.25, 0.3) is 0 Å². The fourth-order valence-corrected chi connectivity index (χ4v) is 2.54. The molecule has 0 aliphatic rings. The van der Waals surface area contributed by atoms with Crippen LogP contribution in [0.3, 0.4) is 0 Å². The van der Waals surface area contributed by atoms with Crippen LogP contribution in [-0.2, 0) is 4.57 Å². The lowest BCUT2D eigenvalue weighted by Gasteiger charge is -2.10. The highest BCUT2D eigenvalue weighted by molar-refractivity contribution is 8.54. The Morgan fingerprint density at radius 3 is 2.20 bits per heavy atom. The second-order valence-corrected chi connectivity index (χ2v) is 6.61. The van der Waals surface area contributed by atoms with Gasteiger partial charge in [-0.3, -0.25) is 0 Å². The standard InChI is InChI=1S/C6H17N2O3PS.2H2O/c7-4-2-1-3-6(8)5-13-12(9,10)11;;/h6H,1-5,7-8H2,(H2,9,10,11);2*1H2/t6-;;/m0../s1. The van der Waals surface area contributed by atoms with Gasteiger partial charge in [-0.2, -0.15) is 0 Å². The molecule has 0 aromatic rings. The van der Waals surface area contributed by atoms with Crippen LogP contribution in [0.2, 0.25) is 0 Å². The largest absolute Gasteiger partial charge is 0.412 e. The first-order valence-corrected chi connectivity index (χ1v) is 7.31. The Kier molecular flexibility index (Phi) is 15.0. The Balaban J connectivity index is -0.000000720. The zero-order valence-corrected chi connectivity index (χ0v) is 10.1. The Morgan fingerprint density at radius 1 is 1.27 bits per heavy atom. The maximum Gasteiger partial charge on any atom is 0.384 e. The van der Waals surface area contributed by atoms with Gasteiger partial charge in [-0.25, -0.2) is 4.57 Å².